The quantitative estimate of drug-likeness (QED) is 0.636. The van der Waals surface area contributed by atoms with Crippen molar-refractivity contribution in [2.24, 2.45) is 7.05 Å². The molecule has 0 unspecified atom stereocenters. The van der Waals surface area contributed by atoms with Crippen molar-refractivity contribution in [1.29, 1.82) is 5.26 Å². The molecule has 0 bridgehead atoms. The number of aryl methyl sites for hydroxylation is 1. The van der Waals surface area contributed by atoms with Crippen LogP contribution in [0.3, 0.4) is 0 Å². The fraction of sp³-hybridized carbons (Fsp3) is 0.0769. The Morgan fingerprint density at radius 3 is 2.82 bits per heavy atom. The predicted molar refractivity (Wildman–Crippen MR) is 70.6 cm³/mol. The second-order valence-electron chi connectivity index (χ2n) is 3.90. The van der Waals surface area contributed by atoms with Gasteiger partial charge in [-0.05, 0) is 30.3 Å². The fourth-order valence-electron chi connectivity index (χ4n) is 2.11. The molecule has 3 nitrogen and oxygen atoms in total. The molecule has 0 fully saturated rings. The van der Waals surface area contributed by atoms with Crippen LogP contribution in [0.25, 0.3) is 21.9 Å². The molecule has 0 aliphatic carbocycles. The highest BCUT2D eigenvalue weighted by atomic mass is 79.9. The monoisotopic (exact) mass is 285 g/mol. The van der Waals surface area contributed by atoms with Gasteiger partial charge in [-0.2, -0.15) is 5.26 Å². The molecule has 4 heteroatoms. The Morgan fingerprint density at radius 2 is 2.06 bits per heavy atom. The van der Waals surface area contributed by atoms with E-state index in [4.69, 9.17) is 5.26 Å². The molecule has 0 aliphatic heterocycles. The molecule has 2 heterocycles. The lowest BCUT2D eigenvalue weighted by atomic mass is 10.2. The zero-order valence-corrected chi connectivity index (χ0v) is 10.7. The molecule has 3 aromatic rings. The van der Waals surface area contributed by atoms with Gasteiger partial charge in [0.1, 0.15) is 17.4 Å². The van der Waals surface area contributed by atoms with Crippen LogP contribution in [0.1, 0.15) is 5.69 Å². The van der Waals surface area contributed by atoms with Gasteiger partial charge in [0.25, 0.3) is 0 Å². The van der Waals surface area contributed by atoms with E-state index in [2.05, 4.69) is 33.0 Å². The van der Waals surface area contributed by atoms with E-state index in [-0.39, 0.29) is 0 Å². The largest absolute Gasteiger partial charge is 0.328 e. The lowest BCUT2D eigenvalue weighted by Crippen LogP contribution is -1.90. The van der Waals surface area contributed by atoms with Crippen LogP contribution in [0.2, 0.25) is 0 Å². The van der Waals surface area contributed by atoms with Crippen molar-refractivity contribution < 1.29 is 0 Å². The van der Waals surface area contributed by atoms with Crippen molar-refractivity contribution in [3.8, 4) is 6.07 Å². The molecule has 0 saturated carbocycles. The summed E-state index contributed by atoms with van der Waals surface area (Å²) in [7, 11) is 1.97. The first-order valence-corrected chi connectivity index (χ1v) is 5.95. The molecule has 0 radical (unpaired) electrons. The standard InChI is InChI=1S/C13H8BrN3/c1-17-12-5-2-8(14)6-11(12)10-4-3-9(7-15)16-13(10)17/h2-6H,1H3. The number of nitriles is 1. The van der Waals surface area contributed by atoms with E-state index in [0.29, 0.717) is 5.69 Å². The number of benzene rings is 1. The molecule has 0 atom stereocenters. The second kappa shape index (κ2) is 3.57. The summed E-state index contributed by atoms with van der Waals surface area (Å²) in [6, 6.07) is 11.9. The Morgan fingerprint density at radius 1 is 1.24 bits per heavy atom. The minimum Gasteiger partial charge on any atom is -0.328 e. The van der Waals surface area contributed by atoms with Gasteiger partial charge in [0.2, 0.25) is 0 Å². The van der Waals surface area contributed by atoms with Crippen LogP contribution in [0.5, 0.6) is 0 Å². The summed E-state index contributed by atoms with van der Waals surface area (Å²) in [6.45, 7) is 0. The van der Waals surface area contributed by atoms with E-state index in [0.717, 1.165) is 26.4 Å². The molecule has 1 aromatic carbocycles. The highest BCUT2D eigenvalue weighted by Gasteiger charge is 2.09. The second-order valence-corrected chi connectivity index (χ2v) is 4.82. The number of halogens is 1. The normalized spacial score (nSPS) is 10.9. The zero-order valence-electron chi connectivity index (χ0n) is 9.11. The Hall–Kier alpha value is -1.86. The third-order valence-corrected chi connectivity index (χ3v) is 3.41. The first kappa shape index (κ1) is 10.3. The SMILES string of the molecule is Cn1c2ccc(Br)cc2c2ccc(C#N)nc21. The van der Waals surface area contributed by atoms with Crippen molar-refractivity contribution in [3.05, 3.63) is 40.5 Å². The van der Waals surface area contributed by atoms with Crippen LogP contribution >= 0.6 is 15.9 Å². The maximum atomic E-state index is 8.88. The van der Waals surface area contributed by atoms with Gasteiger partial charge in [-0.3, -0.25) is 0 Å². The Labute approximate surface area is 106 Å². The fourth-order valence-corrected chi connectivity index (χ4v) is 2.47. The molecule has 0 aliphatic rings. The number of nitrogens with zero attached hydrogens (tertiary/aromatic N) is 3. The van der Waals surface area contributed by atoms with Crippen molar-refractivity contribution in [2.45, 2.75) is 0 Å². The first-order valence-electron chi connectivity index (χ1n) is 5.15. The summed E-state index contributed by atoms with van der Waals surface area (Å²) in [5.41, 5.74) is 2.41. The van der Waals surface area contributed by atoms with Crippen LogP contribution in [-0.4, -0.2) is 9.55 Å². The van der Waals surface area contributed by atoms with E-state index in [1.807, 2.05) is 29.8 Å². The minimum absolute atomic E-state index is 0.447. The molecule has 17 heavy (non-hydrogen) atoms. The third kappa shape index (κ3) is 1.43. The molecule has 0 amide bonds. The smallest absolute Gasteiger partial charge is 0.142 e. The van der Waals surface area contributed by atoms with Crippen molar-refractivity contribution in [2.75, 3.05) is 0 Å². The topological polar surface area (TPSA) is 41.6 Å². The van der Waals surface area contributed by atoms with Gasteiger partial charge in [-0.25, -0.2) is 4.98 Å². The highest BCUT2D eigenvalue weighted by Crippen LogP contribution is 2.29. The molecular weight excluding hydrogens is 278 g/mol. The van der Waals surface area contributed by atoms with Gasteiger partial charge in [-0.1, -0.05) is 15.9 Å². The van der Waals surface area contributed by atoms with E-state index in [1.165, 1.54) is 0 Å². The summed E-state index contributed by atoms with van der Waals surface area (Å²) in [5, 5.41) is 11.1. The Balaban J connectivity index is 2.55. The molecular formula is C13H8BrN3. The highest BCUT2D eigenvalue weighted by molar-refractivity contribution is 9.10. The number of aromatic nitrogens is 2. The summed E-state index contributed by atoms with van der Waals surface area (Å²) in [5.74, 6) is 0. The zero-order chi connectivity index (χ0) is 12.0. The van der Waals surface area contributed by atoms with Crippen LogP contribution in [0.4, 0.5) is 0 Å². The number of rotatable bonds is 0. The van der Waals surface area contributed by atoms with E-state index in [1.54, 1.807) is 6.07 Å². The van der Waals surface area contributed by atoms with Gasteiger partial charge in [0.05, 0.1) is 5.52 Å². The van der Waals surface area contributed by atoms with Crippen molar-refractivity contribution >= 4 is 37.9 Å². The van der Waals surface area contributed by atoms with Gasteiger partial charge in [0, 0.05) is 22.3 Å². The van der Waals surface area contributed by atoms with Gasteiger partial charge < -0.3 is 4.57 Å². The summed E-state index contributed by atoms with van der Waals surface area (Å²) in [4.78, 5) is 4.35. The molecule has 0 spiro atoms. The van der Waals surface area contributed by atoms with Gasteiger partial charge in [0.15, 0.2) is 0 Å². The van der Waals surface area contributed by atoms with Crippen molar-refractivity contribution in [1.82, 2.24) is 9.55 Å². The number of hydrogen-bond donors (Lipinski definition) is 0. The van der Waals surface area contributed by atoms with Gasteiger partial charge >= 0.3 is 0 Å². The third-order valence-electron chi connectivity index (χ3n) is 2.92. The van der Waals surface area contributed by atoms with E-state index in [9.17, 15) is 0 Å². The minimum atomic E-state index is 0.447. The van der Waals surface area contributed by atoms with Gasteiger partial charge in [-0.15, -0.1) is 0 Å². The van der Waals surface area contributed by atoms with Crippen LogP contribution < -0.4 is 0 Å². The average Bonchev–Trinajstić information content (AvgIpc) is 2.62. The molecule has 0 saturated heterocycles. The maximum absolute atomic E-state index is 8.88. The van der Waals surface area contributed by atoms with Crippen LogP contribution in [-0.2, 0) is 7.05 Å². The number of fused-ring (bicyclic) bond motifs is 3. The molecule has 3 rings (SSSR count). The van der Waals surface area contributed by atoms with E-state index >= 15 is 0 Å². The average molecular weight is 286 g/mol. The predicted octanol–water partition coefficient (Wildman–Crippen LogP) is 3.36. The summed E-state index contributed by atoms with van der Waals surface area (Å²) < 4.78 is 3.06. The molecule has 0 N–H and O–H groups in total. The lowest BCUT2D eigenvalue weighted by molar-refractivity contribution is 0.987. The maximum Gasteiger partial charge on any atom is 0.142 e. The molecule has 2 aromatic heterocycles. The van der Waals surface area contributed by atoms with Crippen LogP contribution in [0.15, 0.2) is 34.8 Å². The lowest BCUT2D eigenvalue weighted by Gasteiger charge is -1.96. The first-order chi connectivity index (χ1) is 8.20. The summed E-state index contributed by atoms with van der Waals surface area (Å²) in [6.07, 6.45) is 0. The van der Waals surface area contributed by atoms with E-state index < -0.39 is 0 Å². The summed E-state index contributed by atoms with van der Waals surface area (Å²) >= 11 is 3.47. The number of pyridine rings is 1. The Bertz CT molecular complexity index is 781. The van der Waals surface area contributed by atoms with Crippen molar-refractivity contribution in [3.63, 3.8) is 0 Å². The number of hydrogen-bond acceptors (Lipinski definition) is 2. The van der Waals surface area contributed by atoms with Crippen LogP contribution in [0, 0.1) is 11.3 Å². The Kier molecular flexibility index (Phi) is 2.17. The molecule has 82 valence electrons.